The number of aryl methyl sites for hydroxylation is 1. The van der Waals surface area contributed by atoms with Crippen molar-refractivity contribution in [3.63, 3.8) is 0 Å². The molecule has 2 unspecified atom stereocenters. The van der Waals surface area contributed by atoms with Gasteiger partial charge in [0.15, 0.2) is 0 Å². The molecule has 0 spiro atoms. The average Bonchev–Trinajstić information content (AvgIpc) is 2.82. The molecule has 0 aromatic carbocycles. The number of thiazole rings is 1. The van der Waals surface area contributed by atoms with Gasteiger partial charge in [-0.2, -0.15) is 0 Å². The van der Waals surface area contributed by atoms with Crippen molar-refractivity contribution >= 4 is 11.3 Å². The molecule has 0 saturated carbocycles. The van der Waals surface area contributed by atoms with Crippen LogP contribution in [0, 0.1) is 0 Å². The molecule has 98 valence electrons. The second-order valence-electron chi connectivity index (χ2n) is 4.46. The first-order valence-electron chi connectivity index (χ1n) is 6.58. The number of rotatable bonds is 8. The highest BCUT2D eigenvalue weighted by Crippen LogP contribution is 2.19. The van der Waals surface area contributed by atoms with E-state index in [0.717, 1.165) is 19.5 Å². The lowest BCUT2D eigenvalue weighted by atomic mass is 10.2. The molecule has 4 heteroatoms. The Bertz CT molecular complexity index is 311. The van der Waals surface area contributed by atoms with Gasteiger partial charge in [-0.1, -0.05) is 13.8 Å². The zero-order chi connectivity index (χ0) is 12.7. The Morgan fingerprint density at radius 1 is 1.24 bits per heavy atom. The maximum Gasteiger partial charge on any atom is 0.109 e. The largest absolute Gasteiger partial charge is 0.313 e. The molecule has 0 amide bonds. The van der Waals surface area contributed by atoms with Crippen molar-refractivity contribution in [1.82, 2.24) is 15.6 Å². The Labute approximate surface area is 109 Å². The van der Waals surface area contributed by atoms with Crippen LogP contribution < -0.4 is 10.6 Å². The molecule has 0 aliphatic rings. The third kappa shape index (κ3) is 5.15. The third-order valence-electron chi connectivity index (χ3n) is 2.97. The lowest BCUT2D eigenvalue weighted by Gasteiger charge is -2.14. The molecule has 0 aliphatic carbocycles. The van der Waals surface area contributed by atoms with Gasteiger partial charge in [0.25, 0.3) is 0 Å². The summed E-state index contributed by atoms with van der Waals surface area (Å²) >= 11 is 1.82. The summed E-state index contributed by atoms with van der Waals surface area (Å²) in [4.78, 5) is 5.82. The van der Waals surface area contributed by atoms with Crippen molar-refractivity contribution in [2.45, 2.75) is 52.6 Å². The third-order valence-corrected chi connectivity index (χ3v) is 4.30. The van der Waals surface area contributed by atoms with Gasteiger partial charge >= 0.3 is 0 Å². The van der Waals surface area contributed by atoms with Crippen LogP contribution in [0.4, 0.5) is 0 Å². The van der Waals surface area contributed by atoms with Crippen LogP contribution in [-0.4, -0.2) is 24.1 Å². The van der Waals surface area contributed by atoms with Crippen molar-refractivity contribution in [3.8, 4) is 0 Å². The number of hydrogen-bond donors (Lipinski definition) is 2. The minimum atomic E-state index is 0.360. The van der Waals surface area contributed by atoms with E-state index in [1.807, 2.05) is 17.5 Å². The average molecular weight is 255 g/mol. The van der Waals surface area contributed by atoms with Gasteiger partial charge in [-0.25, -0.2) is 4.98 Å². The van der Waals surface area contributed by atoms with Crippen LogP contribution in [0.15, 0.2) is 6.20 Å². The minimum Gasteiger partial charge on any atom is -0.313 e. The van der Waals surface area contributed by atoms with Crippen LogP contribution in [0.2, 0.25) is 0 Å². The highest BCUT2D eigenvalue weighted by Gasteiger charge is 2.08. The van der Waals surface area contributed by atoms with Gasteiger partial charge in [0.2, 0.25) is 0 Å². The van der Waals surface area contributed by atoms with Crippen LogP contribution in [0.1, 0.15) is 50.0 Å². The van der Waals surface area contributed by atoms with Crippen LogP contribution in [-0.2, 0) is 6.42 Å². The quantitative estimate of drug-likeness (QED) is 0.701. The van der Waals surface area contributed by atoms with Crippen LogP contribution in [0.3, 0.4) is 0 Å². The molecular formula is C13H25N3S. The molecule has 0 aliphatic heterocycles. The lowest BCUT2D eigenvalue weighted by molar-refractivity contribution is 0.493. The lowest BCUT2D eigenvalue weighted by Crippen LogP contribution is -2.33. The molecule has 3 nitrogen and oxygen atoms in total. The second-order valence-corrected chi connectivity index (χ2v) is 5.60. The van der Waals surface area contributed by atoms with Gasteiger partial charge in [-0.05, 0) is 26.7 Å². The Morgan fingerprint density at radius 3 is 2.53 bits per heavy atom. The first kappa shape index (κ1) is 14.6. The Balaban J connectivity index is 2.22. The topological polar surface area (TPSA) is 37.0 Å². The maximum atomic E-state index is 4.45. The first-order chi connectivity index (χ1) is 8.17. The molecule has 2 N–H and O–H groups in total. The highest BCUT2D eigenvalue weighted by atomic mass is 32.1. The normalized spacial score (nSPS) is 14.8. The van der Waals surface area contributed by atoms with Gasteiger partial charge in [0.05, 0.1) is 6.04 Å². The monoisotopic (exact) mass is 255 g/mol. The molecule has 0 saturated heterocycles. The maximum absolute atomic E-state index is 4.45. The zero-order valence-corrected chi connectivity index (χ0v) is 12.2. The first-order valence-corrected chi connectivity index (χ1v) is 7.40. The predicted octanol–water partition coefficient (Wildman–Crippen LogP) is 2.74. The van der Waals surface area contributed by atoms with Gasteiger partial charge in [-0.3, -0.25) is 0 Å². The van der Waals surface area contributed by atoms with Crippen LogP contribution >= 0.6 is 11.3 Å². The van der Waals surface area contributed by atoms with Gasteiger partial charge < -0.3 is 10.6 Å². The molecule has 1 heterocycles. The minimum absolute atomic E-state index is 0.360. The van der Waals surface area contributed by atoms with Crippen molar-refractivity contribution < 1.29 is 0 Å². The standard InChI is InChI=1S/C13H25N3S/c1-5-10(3)14-7-8-15-11(4)13-16-9-12(6-2)17-13/h9-11,14-15H,5-8H2,1-4H3. The van der Waals surface area contributed by atoms with E-state index in [1.165, 1.54) is 16.3 Å². The number of aromatic nitrogens is 1. The molecule has 17 heavy (non-hydrogen) atoms. The Kier molecular flexibility index (Phi) is 6.70. The molecule has 0 fully saturated rings. The van der Waals surface area contributed by atoms with E-state index in [2.05, 4.69) is 43.3 Å². The van der Waals surface area contributed by atoms with Gasteiger partial charge in [0, 0.05) is 30.2 Å². The summed E-state index contributed by atoms with van der Waals surface area (Å²) in [6, 6.07) is 0.970. The Hall–Kier alpha value is -0.450. The van der Waals surface area contributed by atoms with Crippen molar-refractivity contribution in [2.75, 3.05) is 13.1 Å². The van der Waals surface area contributed by atoms with Crippen molar-refractivity contribution in [2.24, 2.45) is 0 Å². The van der Waals surface area contributed by atoms with Gasteiger partial charge in [-0.15, -0.1) is 11.3 Å². The smallest absolute Gasteiger partial charge is 0.109 e. The molecule has 1 aromatic rings. The van der Waals surface area contributed by atoms with Gasteiger partial charge in [0.1, 0.15) is 5.01 Å². The zero-order valence-electron chi connectivity index (χ0n) is 11.4. The molecular weight excluding hydrogens is 230 g/mol. The van der Waals surface area contributed by atoms with E-state index in [0.29, 0.717) is 12.1 Å². The Morgan fingerprint density at radius 2 is 1.94 bits per heavy atom. The van der Waals surface area contributed by atoms with Crippen molar-refractivity contribution in [1.29, 1.82) is 0 Å². The summed E-state index contributed by atoms with van der Waals surface area (Å²) in [5, 5.41) is 8.18. The number of nitrogens with one attached hydrogen (secondary N) is 2. The number of hydrogen-bond acceptors (Lipinski definition) is 4. The molecule has 0 radical (unpaired) electrons. The molecule has 1 rings (SSSR count). The van der Waals surface area contributed by atoms with E-state index < -0.39 is 0 Å². The molecule has 2 atom stereocenters. The van der Waals surface area contributed by atoms with E-state index in [-0.39, 0.29) is 0 Å². The summed E-state index contributed by atoms with van der Waals surface area (Å²) in [7, 11) is 0. The van der Waals surface area contributed by atoms with E-state index >= 15 is 0 Å². The summed E-state index contributed by atoms with van der Waals surface area (Å²) in [6.45, 7) is 10.8. The second kappa shape index (κ2) is 7.80. The van der Waals surface area contributed by atoms with E-state index in [9.17, 15) is 0 Å². The van der Waals surface area contributed by atoms with Crippen LogP contribution in [0.5, 0.6) is 0 Å². The molecule has 1 aromatic heterocycles. The summed E-state index contributed by atoms with van der Waals surface area (Å²) in [5.74, 6) is 0. The number of nitrogens with zero attached hydrogens (tertiary/aromatic N) is 1. The highest BCUT2D eigenvalue weighted by molar-refractivity contribution is 7.11. The fraction of sp³-hybridized carbons (Fsp3) is 0.769. The predicted molar refractivity (Wildman–Crippen MR) is 75.7 cm³/mol. The fourth-order valence-electron chi connectivity index (χ4n) is 1.53. The SMILES string of the molecule is CCc1cnc(C(C)NCCNC(C)CC)s1. The fourth-order valence-corrected chi connectivity index (χ4v) is 2.41. The summed E-state index contributed by atoms with van der Waals surface area (Å²) in [5.41, 5.74) is 0. The summed E-state index contributed by atoms with van der Waals surface area (Å²) in [6.07, 6.45) is 4.26. The van der Waals surface area contributed by atoms with Crippen LogP contribution in [0.25, 0.3) is 0 Å². The van der Waals surface area contributed by atoms with E-state index in [1.54, 1.807) is 0 Å². The molecule has 0 bridgehead atoms. The van der Waals surface area contributed by atoms with Crippen molar-refractivity contribution in [3.05, 3.63) is 16.1 Å². The van der Waals surface area contributed by atoms with E-state index in [4.69, 9.17) is 0 Å². The summed E-state index contributed by atoms with van der Waals surface area (Å²) < 4.78 is 0.